The number of nitrogens with zero attached hydrogens (tertiary/aromatic N) is 3. The van der Waals surface area contributed by atoms with Crippen molar-refractivity contribution in [1.82, 2.24) is 19.5 Å². The van der Waals surface area contributed by atoms with Crippen molar-refractivity contribution in [2.75, 3.05) is 12.3 Å². The van der Waals surface area contributed by atoms with Gasteiger partial charge in [-0.15, -0.1) is 0 Å². The number of imidazole rings is 1. The van der Waals surface area contributed by atoms with Gasteiger partial charge >= 0.3 is 5.92 Å². The quantitative estimate of drug-likeness (QED) is 0.534. The molecule has 11 heteroatoms. The highest BCUT2D eigenvalue weighted by Gasteiger charge is 2.59. The molecule has 114 valence electrons. The second-order valence-electron chi connectivity index (χ2n) is 4.60. The van der Waals surface area contributed by atoms with E-state index in [1.54, 1.807) is 0 Å². The number of fused-ring (bicyclic) bond motifs is 1. The Balaban J connectivity index is 2.15. The molecule has 0 bridgehead atoms. The van der Waals surface area contributed by atoms with E-state index in [1.807, 2.05) is 0 Å². The van der Waals surface area contributed by atoms with Crippen molar-refractivity contribution < 1.29 is 23.7 Å². The predicted molar refractivity (Wildman–Crippen MR) is 64.5 cm³/mol. The summed E-state index contributed by atoms with van der Waals surface area (Å²) in [5.74, 6) is -3.96. The smallest absolute Gasteiger partial charge is 0.320 e. The van der Waals surface area contributed by atoms with Crippen molar-refractivity contribution in [2.45, 2.75) is 24.4 Å². The normalized spacial score (nSPS) is 28.3. The van der Waals surface area contributed by atoms with Crippen LogP contribution >= 0.6 is 0 Å². The van der Waals surface area contributed by atoms with Crippen LogP contribution in [-0.2, 0) is 4.74 Å². The highest BCUT2D eigenvalue weighted by atomic mass is 19.3. The lowest BCUT2D eigenvalue weighted by atomic mass is 10.1. The maximum atomic E-state index is 14.1. The number of hydrogen-bond donors (Lipinski definition) is 4. The zero-order valence-electron chi connectivity index (χ0n) is 10.4. The Hall–Kier alpha value is -2.11. The largest absolute Gasteiger partial charge is 0.394 e. The fraction of sp³-hybridized carbons (Fsp3) is 0.500. The number of aliphatic hydroxyl groups excluding tert-OH is 2. The van der Waals surface area contributed by atoms with E-state index < -0.39 is 36.5 Å². The van der Waals surface area contributed by atoms with Crippen LogP contribution in [0.4, 0.5) is 14.7 Å². The van der Waals surface area contributed by atoms with E-state index in [0.717, 1.165) is 10.9 Å². The zero-order valence-corrected chi connectivity index (χ0v) is 10.4. The molecule has 0 unspecified atom stereocenters. The van der Waals surface area contributed by atoms with E-state index >= 15 is 0 Å². The number of hydrogen-bond acceptors (Lipinski definition) is 7. The number of H-pyrrole nitrogens is 1. The Bertz CT molecular complexity index is 745. The van der Waals surface area contributed by atoms with Gasteiger partial charge in [0.1, 0.15) is 6.10 Å². The molecule has 0 saturated carbocycles. The number of aliphatic hydroxyl groups is 2. The first kappa shape index (κ1) is 13.9. The van der Waals surface area contributed by atoms with Crippen LogP contribution in [0.25, 0.3) is 11.2 Å². The van der Waals surface area contributed by atoms with E-state index in [1.165, 1.54) is 0 Å². The molecular formula is C10H11F2N5O4. The molecule has 2 aromatic heterocycles. The fourth-order valence-corrected chi connectivity index (χ4v) is 2.23. The number of anilines is 1. The molecule has 21 heavy (non-hydrogen) atoms. The van der Waals surface area contributed by atoms with Gasteiger partial charge in [0.05, 0.1) is 12.9 Å². The summed E-state index contributed by atoms with van der Waals surface area (Å²) in [4.78, 5) is 21.2. The minimum Gasteiger partial charge on any atom is -0.394 e. The molecule has 1 saturated heterocycles. The Kier molecular flexibility index (Phi) is 2.93. The number of ether oxygens (including phenoxy) is 1. The van der Waals surface area contributed by atoms with Crippen molar-refractivity contribution in [2.24, 2.45) is 0 Å². The van der Waals surface area contributed by atoms with Gasteiger partial charge in [0, 0.05) is 0 Å². The van der Waals surface area contributed by atoms with Crippen LogP contribution in [0.15, 0.2) is 11.1 Å². The number of halogens is 2. The minimum atomic E-state index is -3.69. The average molecular weight is 303 g/mol. The van der Waals surface area contributed by atoms with Gasteiger partial charge in [-0.3, -0.25) is 14.3 Å². The van der Waals surface area contributed by atoms with E-state index in [9.17, 15) is 18.7 Å². The standard InChI is InChI=1S/C10H11F2N5O4/c11-10(12)5(19)3(1-18)21-8(10)17-2-14-4-6(17)15-9(13)16-7(4)20/h2-3,5,8,18-19H,1H2,(H3,13,15,16,20)/t3-,5-,8+/m0/s1. The van der Waals surface area contributed by atoms with Crippen LogP contribution in [0.1, 0.15) is 6.23 Å². The summed E-state index contributed by atoms with van der Waals surface area (Å²) >= 11 is 0. The van der Waals surface area contributed by atoms with Gasteiger partial charge < -0.3 is 20.7 Å². The maximum absolute atomic E-state index is 14.1. The number of aromatic amines is 1. The molecule has 3 heterocycles. The number of nitrogen functional groups attached to an aromatic ring is 1. The van der Waals surface area contributed by atoms with Crippen LogP contribution in [0.3, 0.4) is 0 Å². The summed E-state index contributed by atoms with van der Waals surface area (Å²) in [6.07, 6.45) is -4.66. The van der Waals surface area contributed by atoms with Crippen molar-refractivity contribution in [3.63, 3.8) is 0 Å². The lowest BCUT2D eigenvalue weighted by Crippen LogP contribution is -2.39. The molecular weight excluding hydrogens is 292 g/mol. The summed E-state index contributed by atoms with van der Waals surface area (Å²) in [5, 5.41) is 18.4. The maximum Gasteiger partial charge on any atom is 0.320 e. The first-order valence-corrected chi connectivity index (χ1v) is 5.90. The Morgan fingerprint density at radius 1 is 1.57 bits per heavy atom. The molecule has 1 aliphatic rings. The molecule has 0 aliphatic carbocycles. The second-order valence-corrected chi connectivity index (χ2v) is 4.60. The molecule has 1 fully saturated rings. The van der Waals surface area contributed by atoms with E-state index in [2.05, 4.69) is 15.0 Å². The van der Waals surface area contributed by atoms with E-state index in [0.29, 0.717) is 0 Å². The molecule has 9 nitrogen and oxygen atoms in total. The Morgan fingerprint density at radius 2 is 2.29 bits per heavy atom. The van der Waals surface area contributed by atoms with Gasteiger partial charge in [-0.25, -0.2) is 4.98 Å². The Morgan fingerprint density at radius 3 is 2.90 bits per heavy atom. The van der Waals surface area contributed by atoms with Gasteiger partial charge in [0.15, 0.2) is 17.3 Å². The predicted octanol–water partition coefficient (Wildman–Crippen LogP) is -1.41. The van der Waals surface area contributed by atoms with Crippen LogP contribution in [0, 0.1) is 0 Å². The first-order chi connectivity index (χ1) is 9.86. The molecule has 0 aromatic carbocycles. The third kappa shape index (κ3) is 1.89. The van der Waals surface area contributed by atoms with Gasteiger partial charge in [0.2, 0.25) is 12.2 Å². The zero-order chi connectivity index (χ0) is 15.4. The lowest BCUT2D eigenvalue weighted by molar-refractivity contribution is -0.138. The molecule has 0 radical (unpaired) electrons. The van der Waals surface area contributed by atoms with Crippen molar-refractivity contribution in [3.8, 4) is 0 Å². The van der Waals surface area contributed by atoms with Gasteiger partial charge in [-0.05, 0) is 0 Å². The molecule has 3 atom stereocenters. The van der Waals surface area contributed by atoms with Gasteiger partial charge in [-0.1, -0.05) is 0 Å². The SMILES string of the molecule is Nc1nc2c(ncn2[C@@H]2O[C@@H](CO)[C@H](O)C2(F)F)c(=O)[nH]1. The van der Waals surface area contributed by atoms with Crippen molar-refractivity contribution in [3.05, 3.63) is 16.7 Å². The first-order valence-electron chi connectivity index (χ1n) is 5.90. The van der Waals surface area contributed by atoms with Crippen LogP contribution < -0.4 is 11.3 Å². The molecule has 3 rings (SSSR count). The number of rotatable bonds is 2. The molecule has 2 aromatic rings. The summed E-state index contributed by atoms with van der Waals surface area (Å²) in [6, 6.07) is 0. The number of alkyl halides is 2. The summed E-state index contributed by atoms with van der Waals surface area (Å²) < 4.78 is 33.9. The van der Waals surface area contributed by atoms with Gasteiger partial charge in [0.25, 0.3) is 5.56 Å². The lowest BCUT2D eigenvalue weighted by Gasteiger charge is -2.20. The van der Waals surface area contributed by atoms with Crippen LogP contribution in [0.2, 0.25) is 0 Å². The minimum absolute atomic E-state index is 0.189. The monoisotopic (exact) mass is 303 g/mol. The fourth-order valence-electron chi connectivity index (χ4n) is 2.23. The van der Waals surface area contributed by atoms with Crippen LogP contribution in [0.5, 0.6) is 0 Å². The second kappa shape index (κ2) is 4.44. The van der Waals surface area contributed by atoms with Crippen molar-refractivity contribution in [1.29, 1.82) is 0 Å². The number of nitrogens with two attached hydrogens (primary N) is 1. The average Bonchev–Trinajstić information content (AvgIpc) is 2.91. The number of aromatic nitrogens is 4. The number of nitrogens with one attached hydrogen (secondary N) is 1. The van der Waals surface area contributed by atoms with E-state index in [4.69, 9.17) is 15.6 Å². The topological polar surface area (TPSA) is 139 Å². The van der Waals surface area contributed by atoms with Crippen LogP contribution in [-0.4, -0.2) is 54.5 Å². The highest BCUT2D eigenvalue weighted by molar-refractivity contribution is 5.70. The van der Waals surface area contributed by atoms with Gasteiger partial charge in [-0.2, -0.15) is 13.8 Å². The third-order valence-corrected chi connectivity index (χ3v) is 3.26. The third-order valence-electron chi connectivity index (χ3n) is 3.26. The molecule has 5 N–H and O–H groups in total. The Labute approximate surface area is 115 Å². The summed E-state index contributed by atoms with van der Waals surface area (Å²) in [7, 11) is 0. The molecule has 0 amide bonds. The summed E-state index contributed by atoms with van der Waals surface area (Å²) in [5.41, 5.74) is 4.30. The summed E-state index contributed by atoms with van der Waals surface area (Å²) in [6.45, 7) is -0.782. The molecule has 1 aliphatic heterocycles. The van der Waals surface area contributed by atoms with E-state index in [-0.39, 0.29) is 17.1 Å². The highest BCUT2D eigenvalue weighted by Crippen LogP contribution is 2.43. The molecule has 0 spiro atoms. The van der Waals surface area contributed by atoms with Crippen molar-refractivity contribution >= 4 is 17.1 Å².